The molecular weight excluding hydrogens is 236 g/mol. The first kappa shape index (κ1) is 13.1. The molecule has 0 saturated carbocycles. The van der Waals surface area contributed by atoms with Crippen LogP contribution in [-0.2, 0) is 0 Å². The highest BCUT2D eigenvalue weighted by molar-refractivity contribution is 5.89. The van der Waals surface area contributed by atoms with E-state index >= 15 is 0 Å². The van der Waals surface area contributed by atoms with E-state index in [1.54, 1.807) is 0 Å². The summed E-state index contributed by atoms with van der Waals surface area (Å²) in [6, 6.07) is 7.69. The Kier molecular flexibility index (Phi) is 4.56. The summed E-state index contributed by atoms with van der Waals surface area (Å²) in [4.78, 5) is 11.4. The molecule has 3 nitrogen and oxygen atoms in total. The van der Waals surface area contributed by atoms with Gasteiger partial charge in [-0.25, -0.2) is 4.79 Å². The molecule has 0 unspecified atom stereocenters. The maximum absolute atomic E-state index is 11.4. The van der Waals surface area contributed by atoms with Crippen molar-refractivity contribution >= 4 is 17.3 Å². The molecule has 1 aromatic rings. The van der Waals surface area contributed by atoms with Crippen LogP contribution in [0.15, 0.2) is 54.6 Å². The van der Waals surface area contributed by atoms with Gasteiger partial charge >= 0.3 is 6.03 Å². The second-order valence-corrected chi connectivity index (χ2v) is 4.24. The maximum atomic E-state index is 11.4. The molecule has 2 N–H and O–H groups in total. The van der Waals surface area contributed by atoms with Crippen molar-refractivity contribution in [2.45, 2.75) is 13.3 Å². The average Bonchev–Trinajstić information content (AvgIpc) is 2.69. The topological polar surface area (TPSA) is 41.1 Å². The molecule has 1 aromatic carbocycles. The molecule has 0 spiro atoms. The van der Waals surface area contributed by atoms with Gasteiger partial charge in [-0.2, -0.15) is 0 Å². The minimum atomic E-state index is -0.173. The number of hydrogen-bond acceptors (Lipinski definition) is 1. The summed E-state index contributed by atoms with van der Waals surface area (Å²) in [6.07, 6.45) is 11.4. The third-order valence-electron chi connectivity index (χ3n) is 2.81. The van der Waals surface area contributed by atoms with E-state index in [0.29, 0.717) is 6.54 Å². The summed E-state index contributed by atoms with van der Waals surface area (Å²) in [5, 5.41) is 5.48. The van der Waals surface area contributed by atoms with E-state index < -0.39 is 0 Å². The van der Waals surface area contributed by atoms with Crippen molar-refractivity contribution in [3.05, 3.63) is 60.2 Å². The van der Waals surface area contributed by atoms with E-state index in [1.807, 2.05) is 37.3 Å². The molecule has 0 saturated heterocycles. The highest BCUT2D eigenvalue weighted by Gasteiger charge is 2.02. The lowest BCUT2D eigenvalue weighted by atomic mass is 10.0. The lowest BCUT2D eigenvalue weighted by Gasteiger charge is -2.07. The predicted molar refractivity (Wildman–Crippen MR) is 80.0 cm³/mol. The first-order chi connectivity index (χ1) is 9.29. The Balaban J connectivity index is 2.06. The van der Waals surface area contributed by atoms with Crippen molar-refractivity contribution in [1.82, 2.24) is 5.32 Å². The van der Waals surface area contributed by atoms with Gasteiger partial charge in [0.1, 0.15) is 0 Å². The molecule has 98 valence electrons. The van der Waals surface area contributed by atoms with Crippen LogP contribution in [0, 0.1) is 0 Å². The first-order valence-electron chi connectivity index (χ1n) is 6.48. The Labute approximate surface area is 113 Å². The zero-order valence-corrected chi connectivity index (χ0v) is 11.0. The number of carbonyl (C=O) groups excluding carboxylic acids is 1. The molecule has 2 amide bonds. The lowest BCUT2D eigenvalue weighted by molar-refractivity contribution is 0.252. The quantitative estimate of drug-likeness (QED) is 0.848. The summed E-state index contributed by atoms with van der Waals surface area (Å²) in [5.74, 6) is 0. The predicted octanol–water partition coefficient (Wildman–Crippen LogP) is 3.73. The number of allylic oxidation sites excluding steroid dienone is 6. The number of amides is 2. The van der Waals surface area contributed by atoms with Gasteiger partial charge in [0.2, 0.25) is 0 Å². The van der Waals surface area contributed by atoms with Gasteiger partial charge in [-0.15, -0.1) is 0 Å². The number of hydrogen-bond donors (Lipinski definition) is 2. The van der Waals surface area contributed by atoms with Crippen LogP contribution in [0.25, 0.3) is 5.57 Å². The Morgan fingerprint density at radius 2 is 2.00 bits per heavy atom. The highest BCUT2D eigenvalue weighted by Crippen LogP contribution is 2.20. The van der Waals surface area contributed by atoms with E-state index in [-0.39, 0.29) is 6.03 Å². The molecule has 0 aromatic heterocycles. The van der Waals surface area contributed by atoms with Gasteiger partial charge in [0, 0.05) is 12.2 Å². The van der Waals surface area contributed by atoms with Gasteiger partial charge in [0.15, 0.2) is 0 Å². The van der Waals surface area contributed by atoms with E-state index in [0.717, 1.165) is 17.7 Å². The van der Waals surface area contributed by atoms with E-state index in [4.69, 9.17) is 0 Å². The summed E-state index contributed by atoms with van der Waals surface area (Å²) >= 11 is 0. The molecule has 0 aliphatic heterocycles. The number of benzene rings is 1. The SMILES string of the molecule is CCNC(=O)Nc1ccc(C2=CCC=CC=C2)cc1. The molecule has 1 aliphatic carbocycles. The summed E-state index contributed by atoms with van der Waals surface area (Å²) in [6.45, 7) is 2.51. The maximum Gasteiger partial charge on any atom is 0.319 e. The number of urea groups is 1. The van der Waals surface area contributed by atoms with E-state index in [2.05, 4.69) is 34.9 Å². The molecule has 0 radical (unpaired) electrons. The Hall–Kier alpha value is -2.29. The van der Waals surface area contributed by atoms with Gasteiger partial charge in [-0.3, -0.25) is 0 Å². The van der Waals surface area contributed by atoms with Crippen LogP contribution in [-0.4, -0.2) is 12.6 Å². The lowest BCUT2D eigenvalue weighted by Crippen LogP contribution is -2.28. The summed E-state index contributed by atoms with van der Waals surface area (Å²) in [5.41, 5.74) is 3.15. The molecule has 0 atom stereocenters. The van der Waals surface area contributed by atoms with Crippen LogP contribution in [0.3, 0.4) is 0 Å². The zero-order chi connectivity index (χ0) is 13.5. The minimum Gasteiger partial charge on any atom is -0.338 e. The first-order valence-corrected chi connectivity index (χ1v) is 6.48. The number of anilines is 1. The Bertz CT molecular complexity index is 524. The molecule has 19 heavy (non-hydrogen) atoms. The molecule has 2 rings (SSSR count). The molecule has 1 aliphatic rings. The van der Waals surface area contributed by atoms with Crippen LogP contribution in [0.4, 0.5) is 10.5 Å². The fraction of sp³-hybridized carbons (Fsp3) is 0.188. The fourth-order valence-corrected chi connectivity index (χ4v) is 1.88. The largest absolute Gasteiger partial charge is 0.338 e. The van der Waals surface area contributed by atoms with Gasteiger partial charge in [-0.1, -0.05) is 42.5 Å². The second-order valence-electron chi connectivity index (χ2n) is 4.24. The minimum absolute atomic E-state index is 0.173. The van der Waals surface area contributed by atoms with Crippen LogP contribution >= 0.6 is 0 Å². The van der Waals surface area contributed by atoms with Crippen LogP contribution in [0.1, 0.15) is 18.9 Å². The third kappa shape index (κ3) is 3.85. The summed E-state index contributed by atoms with van der Waals surface area (Å²) < 4.78 is 0. The van der Waals surface area contributed by atoms with Crippen molar-refractivity contribution in [1.29, 1.82) is 0 Å². The van der Waals surface area contributed by atoms with Crippen LogP contribution in [0.2, 0.25) is 0 Å². The number of nitrogens with one attached hydrogen (secondary N) is 2. The smallest absolute Gasteiger partial charge is 0.319 e. The monoisotopic (exact) mass is 254 g/mol. The normalized spacial score (nSPS) is 13.6. The molecular formula is C16H18N2O. The Morgan fingerprint density at radius 3 is 2.74 bits per heavy atom. The van der Waals surface area contributed by atoms with Crippen molar-refractivity contribution in [3.63, 3.8) is 0 Å². The van der Waals surface area contributed by atoms with Crippen molar-refractivity contribution in [3.8, 4) is 0 Å². The van der Waals surface area contributed by atoms with Gasteiger partial charge < -0.3 is 10.6 Å². The van der Waals surface area contributed by atoms with Crippen molar-refractivity contribution in [2.75, 3.05) is 11.9 Å². The standard InChI is InChI=1S/C16H18N2O/c1-2-17-16(19)18-15-11-9-14(10-12-15)13-7-5-3-4-6-8-13/h3-5,7-12H,2,6H2,1H3,(H2,17,18,19). The molecule has 0 bridgehead atoms. The highest BCUT2D eigenvalue weighted by atomic mass is 16.2. The molecule has 0 fully saturated rings. The van der Waals surface area contributed by atoms with Gasteiger partial charge in [0.25, 0.3) is 0 Å². The van der Waals surface area contributed by atoms with E-state index in [1.165, 1.54) is 5.57 Å². The average molecular weight is 254 g/mol. The zero-order valence-electron chi connectivity index (χ0n) is 11.0. The van der Waals surface area contributed by atoms with Crippen molar-refractivity contribution in [2.24, 2.45) is 0 Å². The summed E-state index contributed by atoms with van der Waals surface area (Å²) in [7, 11) is 0. The van der Waals surface area contributed by atoms with Crippen LogP contribution in [0.5, 0.6) is 0 Å². The fourth-order valence-electron chi connectivity index (χ4n) is 1.88. The van der Waals surface area contributed by atoms with Crippen LogP contribution < -0.4 is 10.6 Å². The van der Waals surface area contributed by atoms with Gasteiger partial charge in [0.05, 0.1) is 0 Å². The van der Waals surface area contributed by atoms with Crippen molar-refractivity contribution < 1.29 is 4.79 Å². The molecule has 0 heterocycles. The van der Waals surface area contributed by atoms with E-state index in [9.17, 15) is 4.79 Å². The van der Waals surface area contributed by atoms with Gasteiger partial charge in [-0.05, 0) is 36.6 Å². The number of rotatable bonds is 3. The second kappa shape index (κ2) is 6.59. The number of carbonyl (C=O) groups is 1. The molecule has 3 heteroatoms. The Morgan fingerprint density at radius 1 is 1.21 bits per heavy atom. The third-order valence-corrected chi connectivity index (χ3v) is 2.81.